The lowest BCUT2D eigenvalue weighted by Crippen LogP contribution is -2.36. The summed E-state index contributed by atoms with van der Waals surface area (Å²) in [4.78, 5) is 21.0. The molecule has 0 fully saturated rings. The summed E-state index contributed by atoms with van der Waals surface area (Å²) in [5.74, 6) is -0.111. The third kappa shape index (κ3) is 5.27. The zero-order chi connectivity index (χ0) is 14.3. The second-order valence-electron chi connectivity index (χ2n) is 3.98. The highest BCUT2D eigenvalue weighted by molar-refractivity contribution is 7.98. The van der Waals surface area contributed by atoms with Crippen molar-refractivity contribution in [1.82, 2.24) is 5.32 Å². The third-order valence-electron chi connectivity index (χ3n) is 2.61. The monoisotopic (exact) mass is 284 g/mol. The molecule has 7 heteroatoms. The summed E-state index contributed by atoms with van der Waals surface area (Å²) in [6, 6.07) is 5.48. The molecule has 0 bridgehead atoms. The predicted molar refractivity (Wildman–Crippen MR) is 74.4 cm³/mol. The van der Waals surface area contributed by atoms with Crippen LogP contribution in [-0.2, 0) is 11.3 Å². The van der Waals surface area contributed by atoms with Crippen molar-refractivity contribution in [2.24, 2.45) is 0 Å². The van der Waals surface area contributed by atoms with E-state index in [0.29, 0.717) is 13.0 Å². The number of carbonyl (C=O) groups is 1. The summed E-state index contributed by atoms with van der Waals surface area (Å²) < 4.78 is 0. The van der Waals surface area contributed by atoms with Gasteiger partial charge in [0.25, 0.3) is 5.69 Å². The van der Waals surface area contributed by atoms with Crippen molar-refractivity contribution in [3.05, 3.63) is 39.9 Å². The van der Waals surface area contributed by atoms with Gasteiger partial charge in [0.05, 0.1) is 4.92 Å². The zero-order valence-corrected chi connectivity index (χ0v) is 11.4. The second-order valence-corrected chi connectivity index (χ2v) is 4.96. The topological polar surface area (TPSA) is 92.5 Å². The van der Waals surface area contributed by atoms with Crippen LogP contribution in [0, 0.1) is 10.1 Å². The Morgan fingerprint density at radius 3 is 2.58 bits per heavy atom. The van der Waals surface area contributed by atoms with Crippen molar-refractivity contribution in [3.63, 3.8) is 0 Å². The molecular weight excluding hydrogens is 268 g/mol. The molecule has 0 aromatic heterocycles. The van der Waals surface area contributed by atoms with E-state index in [2.05, 4.69) is 5.32 Å². The first-order valence-electron chi connectivity index (χ1n) is 5.73. The number of carboxylic acid groups (broad SMARTS) is 1. The lowest BCUT2D eigenvalue weighted by atomic mass is 10.1. The van der Waals surface area contributed by atoms with Crippen LogP contribution in [0.5, 0.6) is 0 Å². The number of thioether (sulfide) groups is 1. The van der Waals surface area contributed by atoms with Crippen LogP contribution in [0.3, 0.4) is 0 Å². The minimum atomic E-state index is -0.879. The lowest BCUT2D eigenvalue weighted by Gasteiger charge is -2.13. The predicted octanol–water partition coefficient (Wildman–Crippen LogP) is 1.89. The van der Waals surface area contributed by atoms with E-state index in [0.717, 1.165) is 11.3 Å². The Balaban J connectivity index is 2.54. The Hall–Kier alpha value is -1.60. The van der Waals surface area contributed by atoms with E-state index in [1.165, 1.54) is 12.1 Å². The van der Waals surface area contributed by atoms with Crippen molar-refractivity contribution in [2.75, 3.05) is 12.0 Å². The average molecular weight is 284 g/mol. The number of hydrogen-bond acceptors (Lipinski definition) is 5. The summed E-state index contributed by atoms with van der Waals surface area (Å²) in [5, 5.41) is 22.5. The smallest absolute Gasteiger partial charge is 0.320 e. The Morgan fingerprint density at radius 1 is 1.47 bits per heavy atom. The minimum Gasteiger partial charge on any atom is -0.480 e. The molecule has 1 aromatic carbocycles. The van der Waals surface area contributed by atoms with Crippen LogP contribution in [-0.4, -0.2) is 34.0 Å². The first kappa shape index (κ1) is 15.5. The quantitative estimate of drug-likeness (QED) is 0.559. The normalized spacial score (nSPS) is 12.1. The van der Waals surface area contributed by atoms with E-state index < -0.39 is 16.9 Å². The van der Waals surface area contributed by atoms with Gasteiger partial charge in [0.2, 0.25) is 0 Å². The highest BCUT2D eigenvalue weighted by atomic mass is 32.2. The summed E-state index contributed by atoms with van der Waals surface area (Å²) in [6.07, 6.45) is 2.47. The molecule has 0 saturated carbocycles. The molecule has 0 aliphatic carbocycles. The van der Waals surface area contributed by atoms with Crippen LogP contribution in [0.2, 0.25) is 0 Å². The number of non-ortho nitro benzene ring substituents is 1. The molecule has 0 aliphatic heterocycles. The van der Waals surface area contributed by atoms with Crippen LogP contribution in [0.15, 0.2) is 24.3 Å². The minimum absolute atomic E-state index is 0.0286. The van der Waals surface area contributed by atoms with E-state index in [4.69, 9.17) is 5.11 Å². The fourth-order valence-electron chi connectivity index (χ4n) is 1.53. The van der Waals surface area contributed by atoms with Crippen molar-refractivity contribution in [2.45, 2.75) is 19.0 Å². The molecule has 0 saturated heterocycles. The highest BCUT2D eigenvalue weighted by Gasteiger charge is 2.16. The Kier molecular flexibility index (Phi) is 6.31. The molecule has 19 heavy (non-hydrogen) atoms. The summed E-state index contributed by atoms with van der Waals surface area (Å²) >= 11 is 1.60. The standard InChI is InChI=1S/C12H16N2O4S/c1-19-7-6-11(12(15)16)13-8-9-2-4-10(5-3-9)14(17)18/h2-5,11,13H,6-8H2,1H3,(H,15,16). The highest BCUT2D eigenvalue weighted by Crippen LogP contribution is 2.12. The van der Waals surface area contributed by atoms with Crippen LogP contribution in [0.25, 0.3) is 0 Å². The number of aliphatic carboxylic acids is 1. The summed E-state index contributed by atoms with van der Waals surface area (Å²) in [7, 11) is 0. The van der Waals surface area contributed by atoms with Gasteiger partial charge in [-0.1, -0.05) is 12.1 Å². The van der Waals surface area contributed by atoms with Gasteiger partial charge in [-0.3, -0.25) is 14.9 Å². The molecule has 0 heterocycles. The van der Waals surface area contributed by atoms with Gasteiger partial charge in [-0.15, -0.1) is 0 Å². The molecule has 0 radical (unpaired) electrons. The first-order valence-corrected chi connectivity index (χ1v) is 7.12. The molecule has 6 nitrogen and oxygen atoms in total. The van der Waals surface area contributed by atoms with Gasteiger partial charge >= 0.3 is 5.97 Å². The van der Waals surface area contributed by atoms with Gasteiger partial charge in [0.1, 0.15) is 6.04 Å². The second kappa shape index (κ2) is 7.75. The van der Waals surface area contributed by atoms with Gasteiger partial charge in [0, 0.05) is 18.7 Å². The van der Waals surface area contributed by atoms with Gasteiger partial charge < -0.3 is 10.4 Å². The van der Waals surface area contributed by atoms with Gasteiger partial charge in [-0.25, -0.2) is 0 Å². The molecule has 2 N–H and O–H groups in total. The van der Waals surface area contributed by atoms with Gasteiger partial charge in [-0.2, -0.15) is 11.8 Å². The fraction of sp³-hybridized carbons (Fsp3) is 0.417. The van der Waals surface area contributed by atoms with Crippen molar-refractivity contribution < 1.29 is 14.8 Å². The lowest BCUT2D eigenvalue weighted by molar-refractivity contribution is -0.384. The molecule has 0 spiro atoms. The van der Waals surface area contributed by atoms with Crippen LogP contribution in [0.1, 0.15) is 12.0 Å². The number of nitrogens with one attached hydrogen (secondary N) is 1. The third-order valence-corrected chi connectivity index (χ3v) is 3.25. The molecule has 0 amide bonds. The molecule has 0 aliphatic rings. The van der Waals surface area contributed by atoms with Crippen LogP contribution in [0.4, 0.5) is 5.69 Å². The number of benzene rings is 1. The van der Waals surface area contributed by atoms with E-state index in [9.17, 15) is 14.9 Å². The van der Waals surface area contributed by atoms with E-state index in [1.807, 2.05) is 6.26 Å². The molecule has 1 atom stereocenters. The van der Waals surface area contributed by atoms with E-state index in [1.54, 1.807) is 23.9 Å². The largest absolute Gasteiger partial charge is 0.480 e. The van der Waals surface area contributed by atoms with E-state index >= 15 is 0 Å². The van der Waals surface area contributed by atoms with Crippen LogP contribution >= 0.6 is 11.8 Å². The SMILES string of the molecule is CSCCC(NCc1ccc([N+](=O)[O-])cc1)C(=O)O. The molecule has 1 aromatic rings. The van der Waals surface area contributed by atoms with Gasteiger partial charge in [0.15, 0.2) is 0 Å². The number of hydrogen-bond donors (Lipinski definition) is 2. The number of nitro benzene ring substituents is 1. The maximum atomic E-state index is 11.0. The average Bonchev–Trinajstić information content (AvgIpc) is 2.39. The zero-order valence-electron chi connectivity index (χ0n) is 10.5. The Labute approximate surface area is 115 Å². The maximum absolute atomic E-state index is 11.0. The molecular formula is C12H16N2O4S. The Bertz CT molecular complexity index is 436. The number of nitro groups is 1. The maximum Gasteiger partial charge on any atom is 0.320 e. The van der Waals surface area contributed by atoms with Crippen LogP contribution < -0.4 is 5.32 Å². The summed E-state index contributed by atoms with van der Waals surface area (Å²) in [5.41, 5.74) is 0.849. The molecule has 1 unspecified atom stereocenters. The summed E-state index contributed by atoms with van der Waals surface area (Å²) in [6.45, 7) is 0.378. The molecule has 104 valence electrons. The number of rotatable bonds is 8. The van der Waals surface area contributed by atoms with Crippen molar-refractivity contribution >= 4 is 23.4 Å². The fourth-order valence-corrected chi connectivity index (χ4v) is 2.00. The number of carboxylic acids is 1. The van der Waals surface area contributed by atoms with Crippen molar-refractivity contribution in [1.29, 1.82) is 0 Å². The number of nitrogens with zero attached hydrogens (tertiary/aromatic N) is 1. The van der Waals surface area contributed by atoms with E-state index in [-0.39, 0.29) is 5.69 Å². The van der Waals surface area contributed by atoms with Gasteiger partial charge in [-0.05, 0) is 24.0 Å². The van der Waals surface area contributed by atoms with Crippen molar-refractivity contribution in [3.8, 4) is 0 Å². The first-order chi connectivity index (χ1) is 9.04. The Morgan fingerprint density at radius 2 is 2.11 bits per heavy atom. The molecule has 1 rings (SSSR count).